The molecule has 0 heterocycles. The van der Waals surface area contributed by atoms with Crippen molar-refractivity contribution >= 4 is 27.0 Å². The summed E-state index contributed by atoms with van der Waals surface area (Å²) in [5.74, 6) is -0.710. The Kier molecular flexibility index (Phi) is 9.99. The van der Waals surface area contributed by atoms with E-state index in [0.717, 1.165) is 14.7 Å². The Morgan fingerprint density at radius 1 is 0.786 bits per heavy atom. The zero-order valence-electron chi connectivity index (χ0n) is 25.2. The van der Waals surface area contributed by atoms with Gasteiger partial charge < -0.3 is 9.47 Å². The number of benzene rings is 3. The number of hydrogen-bond donors (Lipinski definition) is 1. The minimum Gasteiger partial charge on any atom is -0.424 e. The minimum absolute atomic E-state index is 0.0101. The van der Waals surface area contributed by atoms with Crippen LogP contribution in [-0.4, -0.2) is 37.4 Å². The molecule has 0 amide bonds. The summed E-state index contributed by atoms with van der Waals surface area (Å²) >= 11 is 0. The lowest BCUT2D eigenvalue weighted by atomic mass is 9.87. The fraction of sp³-hybridized carbons (Fsp3) is 0.406. The highest BCUT2D eigenvalue weighted by Crippen LogP contribution is 2.37. The fourth-order valence-electron chi connectivity index (χ4n) is 4.25. The van der Waals surface area contributed by atoms with E-state index in [1.165, 1.54) is 11.1 Å². The van der Waals surface area contributed by atoms with Gasteiger partial charge in [-0.2, -0.15) is 17.2 Å². The van der Waals surface area contributed by atoms with Gasteiger partial charge in [0.1, 0.15) is 19.0 Å². The molecule has 0 saturated carbocycles. The van der Waals surface area contributed by atoms with Crippen molar-refractivity contribution in [2.75, 3.05) is 13.2 Å². The molecule has 0 aromatic heterocycles. The van der Waals surface area contributed by atoms with E-state index in [4.69, 9.17) is 9.29 Å². The number of hydrogen-bond acceptors (Lipinski definition) is 5. The van der Waals surface area contributed by atoms with Crippen LogP contribution in [0.5, 0.6) is 5.75 Å². The standard InChI is InChI=1S/C32H38F2O6S2/c1-21-17-27(18-22(2)29(21)40-28(35)19-39-20-32(33,34)42(36,37)38)41(25-13-9-23(10-14-25)30(3,4)5)26-15-11-24(12-16-26)31(6,7)8/h9-18H,19-20H2,1-8H3/p+1. The Morgan fingerprint density at radius 2 is 1.19 bits per heavy atom. The molecule has 42 heavy (non-hydrogen) atoms. The SMILES string of the molecule is Cc1cc([S+](c2ccc(C(C)(C)C)cc2)c2ccc(C(C)(C)C)cc2)cc(C)c1OC(=O)COCC(F)(F)S(=O)(=O)O. The zero-order chi connectivity index (χ0) is 31.7. The number of aryl methyl sites for hydroxylation is 2. The molecule has 0 spiro atoms. The molecule has 3 rings (SSSR count). The molecule has 0 unspecified atom stereocenters. The van der Waals surface area contributed by atoms with Gasteiger partial charge in [-0.05, 0) is 71.2 Å². The van der Waals surface area contributed by atoms with Crippen molar-refractivity contribution in [2.45, 2.75) is 86.2 Å². The molecule has 10 heteroatoms. The van der Waals surface area contributed by atoms with Gasteiger partial charge in [-0.3, -0.25) is 4.55 Å². The lowest BCUT2D eigenvalue weighted by Crippen LogP contribution is -2.34. The van der Waals surface area contributed by atoms with Crippen molar-refractivity contribution in [3.63, 3.8) is 0 Å². The number of carbonyl (C=O) groups is 1. The maximum absolute atomic E-state index is 13.4. The summed E-state index contributed by atoms with van der Waals surface area (Å²) in [5, 5.41) is -4.53. The van der Waals surface area contributed by atoms with Gasteiger partial charge in [0.2, 0.25) is 0 Å². The topological polar surface area (TPSA) is 89.9 Å². The summed E-state index contributed by atoms with van der Waals surface area (Å²) in [6.07, 6.45) is 0. The van der Waals surface area contributed by atoms with Crippen molar-refractivity contribution in [3.05, 3.63) is 82.9 Å². The highest BCUT2D eigenvalue weighted by molar-refractivity contribution is 7.97. The van der Waals surface area contributed by atoms with Crippen LogP contribution in [0.4, 0.5) is 8.78 Å². The Hall–Kier alpha value is -2.79. The fourth-order valence-corrected chi connectivity index (χ4v) is 6.71. The van der Waals surface area contributed by atoms with Gasteiger partial charge in [0.15, 0.2) is 14.7 Å². The predicted octanol–water partition coefficient (Wildman–Crippen LogP) is 7.40. The molecule has 228 valence electrons. The third-order valence-electron chi connectivity index (χ3n) is 6.66. The van der Waals surface area contributed by atoms with E-state index in [1.807, 2.05) is 12.1 Å². The molecule has 0 fully saturated rings. The Balaban J connectivity index is 1.94. The van der Waals surface area contributed by atoms with E-state index in [0.29, 0.717) is 11.1 Å². The van der Waals surface area contributed by atoms with E-state index in [1.54, 1.807) is 13.8 Å². The van der Waals surface area contributed by atoms with Gasteiger partial charge in [0.05, 0.1) is 10.9 Å². The molecule has 0 aliphatic carbocycles. The summed E-state index contributed by atoms with van der Waals surface area (Å²) in [7, 11) is -6.14. The molecule has 0 radical (unpaired) electrons. The zero-order valence-corrected chi connectivity index (χ0v) is 26.9. The first-order chi connectivity index (χ1) is 19.2. The van der Waals surface area contributed by atoms with Crippen LogP contribution in [0, 0.1) is 13.8 Å². The molecule has 0 saturated heterocycles. The summed E-state index contributed by atoms with van der Waals surface area (Å²) in [4.78, 5) is 15.6. The van der Waals surface area contributed by atoms with Gasteiger partial charge in [-0.25, -0.2) is 4.79 Å². The van der Waals surface area contributed by atoms with Gasteiger partial charge in [0, 0.05) is 12.1 Å². The van der Waals surface area contributed by atoms with Crippen LogP contribution in [0.25, 0.3) is 0 Å². The Morgan fingerprint density at radius 3 is 1.55 bits per heavy atom. The second kappa shape index (κ2) is 12.4. The maximum atomic E-state index is 13.4. The third-order valence-corrected chi connectivity index (χ3v) is 9.73. The first kappa shape index (κ1) is 33.7. The Bertz CT molecular complexity index is 1440. The van der Waals surface area contributed by atoms with E-state index in [9.17, 15) is 22.0 Å². The number of carbonyl (C=O) groups excluding carboxylic acids is 1. The average Bonchev–Trinajstić information content (AvgIpc) is 2.85. The van der Waals surface area contributed by atoms with Crippen LogP contribution < -0.4 is 4.74 Å². The summed E-state index contributed by atoms with van der Waals surface area (Å²) in [5.41, 5.74) is 3.80. The lowest BCUT2D eigenvalue weighted by Gasteiger charge is -2.20. The van der Waals surface area contributed by atoms with Crippen molar-refractivity contribution in [2.24, 2.45) is 0 Å². The Labute approximate surface area is 250 Å². The number of halogens is 2. The van der Waals surface area contributed by atoms with Gasteiger partial charge in [-0.1, -0.05) is 65.8 Å². The van der Waals surface area contributed by atoms with Crippen LogP contribution >= 0.6 is 0 Å². The van der Waals surface area contributed by atoms with Crippen molar-refractivity contribution < 1.29 is 36.0 Å². The van der Waals surface area contributed by atoms with E-state index in [2.05, 4.69) is 94.8 Å². The van der Waals surface area contributed by atoms with Crippen LogP contribution in [0.15, 0.2) is 75.4 Å². The third kappa shape index (κ3) is 8.18. The predicted molar refractivity (Wildman–Crippen MR) is 161 cm³/mol. The molecule has 0 aliphatic rings. The average molecular weight is 622 g/mol. The van der Waals surface area contributed by atoms with E-state index >= 15 is 0 Å². The lowest BCUT2D eigenvalue weighted by molar-refractivity contribution is -0.141. The molecular weight excluding hydrogens is 582 g/mol. The molecular formula is C32H39F2O6S2+. The smallest absolute Gasteiger partial charge is 0.392 e. The van der Waals surface area contributed by atoms with Crippen molar-refractivity contribution in [1.29, 1.82) is 0 Å². The second-order valence-corrected chi connectivity index (χ2v) is 15.9. The molecule has 6 nitrogen and oxygen atoms in total. The van der Waals surface area contributed by atoms with Gasteiger partial charge in [0.25, 0.3) is 0 Å². The molecule has 0 aliphatic heterocycles. The molecule has 0 bridgehead atoms. The monoisotopic (exact) mass is 621 g/mol. The quantitative estimate of drug-likeness (QED) is 0.116. The van der Waals surface area contributed by atoms with Gasteiger partial charge >= 0.3 is 21.3 Å². The van der Waals surface area contributed by atoms with E-state index in [-0.39, 0.29) is 16.6 Å². The summed E-state index contributed by atoms with van der Waals surface area (Å²) in [6, 6.07) is 21.1. The molecule has 3 aromatic carbocycles. The normalized spacial score (nSPS) is 13.0. The van der Waals surface area contributed by atoms with Crippen molar-refractivity contribution in [1.82, 2.24) is 0 Å². The van der Waals surface area contributed by atoms with Crippen LogP contribution in [0.2, 0.25) is 0 Å². The first-order valence-corrected chi connectivity index (χ1v) is 16.1. The van der Waals surface area contributed by atoms with Crippen LogP contribution in [0.3, 0.4) is 0 Å². The summed E-state index contributed by atoms with van der Waals surface area (Å²) in [6.45, 7) is 14.0. The van der Waals surface area contributed by atoms with Crippen molar-refractivity contribution in [3.8, 4) is 5.75 Å². The summed E-state index contributed by atoms with van der Waals surface area (Å²) < 4.78 is 66.7. The molecule has 0 atom stereocenters. The van der Waals surface area contributed by atoms with Crippen LogP contribution in [0.1, 0.15) is 63.8 Å². The number of rotatable bonds is 9. The van der Waals surface area contributed by atoms with E-state index < -0.39 is 45.5 Å². The first-order valence-electron chi connectivity index (χ1n) is 13.4. The number of alkyl halides is 2. The molecule has 3 aromatic rings. The largest absolute Gasteiger partial charge is 0.424 e. The minimum atomic E-state index is -5.66. The van der Waals surface area contributed by atoms with Gasteiger partial charge in [-0.15, -0.1) is 0 Å². The van der Waals surface area contributed by atoms with Crippen LogP contribution in [-0.2, 0) is 41.4 Å². The maximum Gasteiger partial charge on any atom is 0.392 e. The second-order valence-electron chi connectivity index (χ2n) is 12.3. The highest BCUT2D eigenvalue weighted by Gasteiger charge is 2.44. The molecule has 1 N–H and O–H groups in total. The number of esters is 1. The highest BCUT2D eigenvalue weighted by atomic mass is 32.2. The number of ether oxygens (including phenoxy) is 2.